The van der Waals surface area contributed by atoms with Crippen molar-refractivity contribution in [3.8, 4) is 0 Å². The van der Waals surface area contributed by atoms with Gasteiger partial charge < -0.3 is 10.2 Å². The smallest absolute Gasteiger partial charge is 0.264 e. The Kier molecular flexibility index (Phi) is 11.4. The quantitative estimate of drug-likeness (QED) is 0.176. The van der Waals surface area contributed by atoms with Gasteiger partial charge in [0.15, 0.2) is 0 Å². The third kappa shape index (κ3) is 8.62. The molecule has 10 heteroatoms. The molecule has 0 aromatic heterocycles. The predicted molar refractivity (Wildman–Crippen MR) is 176 cm³/mol. The van der Waals surface area contributed by atoms with E-state index in [1.54, 1.807) is 60.7 Å². The fourth-order valence-corrected chi connectivity index (χ4v) is 6.65. The number of nitrogens with zero attached hydrogens (tertiary/aromatic N) is 2. The first-order chi connectivity index (χ1) is 21.1. The topological polar surface area (TPSA) is 86.8 Å². The molecule has 7 nitrogen and oxygen atoms in total. The Morgan fingerprint density at radius 2 is 1.41 bits per heavy atom. The second-order valence-corrected chi connectivity index (χ2v) is 13.5. The number of hydrogen-bond donors (Lipinski definition) is 1. The van der Waals surface area contributed by atoms with Gasteiger partial charge >= 0.3 is 0 Å². The van der Waals surface area contributed by atoms with E-state index in [1.807, 2.05) is 50.2 Å². The van der Waals surface area contributed by atoms with Crippen LogP contribution in [0.4, 0.5) is 5.69 Å². The van der Waals surface area contributed by atoms with E-state index in [0.29, 0.717) is 17.1 Å². The molecule has 1 atom stereocenters. The molecule has 0 radical (unpaired) electrons. The van der Waals surface area contributed by atoms with Crippen molar-refractivity contribution in [3.05, 3.63) is 130 Å². The zero-order valence-corrected chi connectivity index (χ0v) is 26.9. The van der Waals surface area contributed by atoms with Crippen LogP contribution in [0.2, 0.25) is 10.0 Å². The van der Waals surface area contributed by atoms with E-state index >= 15 is 0 Å². The Morgan fingerprint density at radius 1 is 0.795 bits per heavy atom. The van der Waals surface area contributed by atoms with Gasteiger partial charge in [0.1, 0.15) is 12.6 Å². The third-order valence-electron chi connectivity index (χ3n) is 6.93. The second kappa shape index (κ2) is 15.2. The van der Waals surface area contributed by atoms with Crippen LogP contribution in [0.3, 0.4) is 0 Å². The highest BCUT2D eigenvalue weighted by Gasteiger charge is 2.35. The number of rotatable bonds is 13. The van der Waals surface area contributed by atoms with Crippen molar-refractivity contribution in [3.63, 3.8) is 0 Å². The summed E-state index contributed by atoms with van der Waals surface area (Å²) in [6.07, 6.45) is 0.217. The van der Waals surface area contributed by atoms with Crippen molar-refractivity contribution in [2.45, 2.75) is 37.8 Å². The van der Waals surface area contributed by atoms with Crippen molar-refractivity contribution >= 4 is 50.7 Å². The Balaban J connectivity index is 1.80. The number of hydrogen-bond acceptors (Lipinski definition) is 4. The summed E-state index contributed by atoms with van der Waals surface area (Å²) in [5.41, 5.74) is 1.69. The second-order valence-electron chi connectivity index (χ2n) is 10.8. The lowest BCUT2D eigenvalue weighted by Gasteiger charge is -2.34. The largest absolute Gasteiger partial charge is 0.354 e. The first kappa shape index (κ1) is 33.1. The highest BCUT2D eigenvalue weighted by atomic mass is 35.5. The zero-order valence-electron chi connectivity index (χ0n) is 24.6. The fourth-order valence-electron chi connectivity index (χ4n) is 4.70. The van der Waals surface area contributed by atoms with Gasteiger partial charge in [0.2, 0.25) is 11.8 Å². The zero-order chi connectivity index (χ0) is 31.7. The number of nitrogens with one attached hydrogen (secondary N) is 1. The van der Waals surface area contributed by atoms with Gasteiger partial charge in [-0.2, -0.15) is 0 Å². The molecule has 4 aromatic carbocycles. The van der Waals surface area contributed by atoms with E-state index < -0.39 is 28.5 Å². The van der Waals surface area contributed by atoms with Crippen molar-refractivity contribution < 1.29 is 18.0 Å². The molecule has 0 aliphatic carbocycles. The lowest BCUT2D eigenvalue weighted by Crippen LogP contribution is -2.53. The highest BCUT2D eigenvalue weighted by Crippen LogP contribution is 2.31. The molecule has 4 rings (SSSR count). The molecular formula is C34H35Cl2N3O4S. The van der Waals surface area contributed by atoms with E-state index in [-0.39, 0.29) is 40.4 Å². The van der Waals surface area contributed by atoms with Gasteiger partial charge in [-0.05, 0) is 53.4 Å². The molecule has 0 saturated heterocycles. The summed E-state index contributed by atoms with van der Waals surface area (Å²) < 4.78 is 29.0. The summed E-state index contributed by atoms with van der Waals surface area (Å²) in [6.45, 7) is 3.81. The van der Waals surface area contributed by atoms with Crippen LogP contribution in [-0.2, 0) is 32.6 Å². The van der Waals surface area contributed by atoms with Crippen LogP contribution < -0.4 is 9.62 Å². The van der Waals surface area contributed by atoms with Crippen LogP contribution in [0.1, 0.15) is 25.0 Å². The number of anilines is 1. The molecule has 0 aliphatic rings. The van der Waals surface area contributed by atoms with E-state index in [1.165, 1.54) is 17.0 Å². The Morgan fingerprint density at radius 3 is 2.05 bits per heavy atom. The maximum atomic E-state index is 14.4. The number of carbonyl (C=O) groups excluding carboxylic acids is 2. The summed E-state index contributed by atoms with van der Waals surface area (Å²) in [5, 5.41) is 3.61. The van der Waals surface area contributed by atoms with Gasteiger partial charge in [-0.25, -0.2) is 8.42 Å². The van der Waals surface area contributed by atoms with Crippen LogP contribution >= 0.6 is 23.2 Å². The molecule has 0 fully saturated rings. The fraction of sp³-hybridized carbons (Fsp3) is 0.235. The SMILES string of the molecule is CC(C)CNC(=O)[C@@H](Cc1ccccc1)N(Cc1cccc(Cl)c1)C(=O)CN(c1ccccc1Cl)S(=O)(=O)c1ccccc1. The average molecular weight is 653 g/mol. The molecule has 4 aromatic rings. The third-order valence-corrected chi connectivity index (χ3v) is 9.26. The van der Waals surface area contributed by atoms with Crippen molar-refractivity contribution in [2.75, 3.05) is 17.4 Å². The van der Waals surface area contributed by atoms with Gasteiger partial charge in [-0.15, -0.1) is 0 Å². The van der Waals surface area contributed by atoms with Crippen LogP contribution in [0.25, 0.3) is 0 Å². The molecule has 0 bridgehead atoms. The van der Waals surface area contributed by atoms with Gasteiger partial charge in [0, 0.05) is 24.5 Å². The number of sulfonamides is 1. The lowest BCUT2D eigenvalue weighted by atomic mass is 10.0. The Bertz CT molecular complexity index is 1670. The predicted octanol–water partition coefficient (Wildman–Crippen LogP) is 6.60. The van der Waals surface area contributed by atoms with Crippen molar-refractivity contribution in [2.24, 2.45) is 5.92 Å². The Labute approximate surface area is 269 Å². The monoisotopic (exact) mass is 651 g/mol. The minimum atomic E-state index is -4.23. The summed E-state index contributed by atoms with van der Waals surface area (Å²) in [6, 6.07) is 29.8. The molecule has 0 heterocycles. The van der Waals surface area contributed by atoms with E-state index in [9.17, 15) is 18.0 Å². The maximum absolute atomic E-state index is 14.4. The summed E-state index contributed by atoms with van der Waals surface area (Å²) >= 11 is 12.8. The summed E-state index contributed by atoms with van der Waals surface area (Å²) in [7, 11) is -4.23. The molecule has 1 N–H and O–H groups in total. The molecular weight excluding hydrogens is 617 g/mol. The van der Waals surface area contributed by atoms with Gasteiger partial charge in [0.25, 0.3) is 10.0 Å². The number of carbonyl (C=O) groups is 2. The van der Waals surface area contributed by atoms with Crippen LogP contribution in [0.5, 0.6) is 0 Å². The number of benzene rings is 4. The van der Waals surface area contributed by atoms with Crippen LogP contribution in [-0.4, -0.2) is 44.3 Å². The van der Waals surface area contributed by atoms with Crippen molar-refractivity contribution in [1.82, 2.24) is 10.2 Å². The van der Waals surface area contributed by atoms with E-state index in [0.717, 1.165) is 9.87 Å². The van der Waals surface area contributed by atoms with Gasteiger partial charge in [-0.3, -0.25) is 13.9 Å². The van der Waals surface area contributed by atoms with Gasteiger partial charge in [0.05, 0.1) is 15.6 Å². The van der Waals surface area contributed by atoms with Gasteiger partial charge in [-0.1, -0.05) is 110 Å². The average Bonchev–Trinajstić information content (AvgIpc) is 3.01. The Hall–Kier alpha value is -3.85. The molecule has 0 unspecified atom stereocenters. The number of amides is 2. The minimum Gasteiger partial charge on any atom is -0.354 e. The molecule has 0 saturated carbocycles. The summed E-state index contributed by atoms with van der Waals surface area (Å²) in [4.78, 5) is 29.7. The normalized spacial score (nSPS) is 12.0. The molecule has 230 valence electrons. The standard InChI is InChI=1S/C34H35Cl2N3O4S/c1-25(2)22-37-34(41)32(21-26-12-5-3-6-13-26)38(23-27-14-11-15-28(35)20-27)33(40)24-39(31-19-10-9-18-30(31)36)44(42,43)29-16-7-4-8-17-29/h3-20,25,32H,21-24H2,1-2H3,(H,37,41)/t32-/m1/s1. The van der Waals surface area contributed by atoms with Crippen LogP contribution in [0.15, 0.2) is 114 Å². The lowest BCUT2D eigenvalue weighted by molar-refractivity contribution is -0.140. The van der Waals surface area contributed by atoms with Crippen molar-refractivity contribution in [1.29, 1.82) is 0 Å². The molecule has 2 amide bonds. The maximum Gasteiger partial charge on any atom is 0.264 e. The first-order valence-electron chi connectivity index (χ1n) is 14.2. The number of halogens is 2. The van der Waals surface area contributed by atoms with E-state index in [4.69, 9.17) is 23.2 Å². The summed E-state index contributed by atoms with van der Waals surface area (Å²) in [5.74, 6) is -0.738. The highest BCUT2D eigenvalue weighted by molar-refractivity contribution is 7.92. The molecule has 0 spiro atoms. The van der Waals surface area contributed by atoms with Crippen LogP contribution in [0, 0.1) is 5.92 Å². The number of para-hydroxylation sites is 1. The van der Waals surface area contributed by atoms with E-state index in [2.05, 4.69) is 5.32 Å². The first-order valence-corrected chi connectivity index (χ1v) is 16.4. The molecule has 44 heavy (non-hydrogen) atoms. The minimum absolute atomic E-state index is 0.00428. The molecule has 0 aliphatic heterocycles.